The Labute approximate surface area is 113 Å². The van der Waals surface area contributed by atoms with Crippen LogP contribution >= 0.6 is 0 Å². The van der Waals surface area contributed by atoms with Gasteiger partial charge in [-0.3, -0.25) is 9.59 Å². The van der Waals surface area contributed by atoms with Gasteiger partial charge in [0.15, 0.2) is 5.78 Å². The third-order valence-electron chi connectivity index (χ3n) is 4.61. The minimum absolute atomic E-state index is 0.0241. The molecule has 0 heterocycles. The van der Waals surface area contributed by atoms with E-state index in [1.54, 1.807) is 12.1 Å². The van der Waals surface area contributed by atoms with Gasteiger partial charge in [0.25, 0.3) is 0 Å². The number of anilines is 1. The maximum Gasteiger partial charge on any atom is 0.227 e. The molecule has 0 radical (unpaired) electrons. The molecule has 2 fully saturated rings. The summed E-state index contributed by atoms with van der Waals surface area (Å²) in [5.74, 6) is 1.69. The molecule has 1 N–H and O–H groups in total. The summed E-state index contributed by atoms with van der Waals surface area (Å²) >= 11 is 0. The highest BCUT2D eigenvalue weighted by Gasteiger charge is 2.42. The summed E-state index contributed by atoms with van der Waals surface area (Å²) in [6.45, 7) is 1.54. The molecule has 0 spiro atoms. The lowest BCUT2D eigenvalue weighted by Crippen LogP contribution is -2.27. The highest BCUT2D eigenvalue weighted by molar-refractivity contribution is 5.97. The minimum atomic E-state index is 0.0241. The van der Waals surface area contributed by atoms with Crippen LogP contribution in [0.2, 0.25) is 0 Å². The molecule has 3 heteroatoms. The summed E-state index contributed by atoms with van der Waals surface area (Å²) in [4.78, 5) is 23.6. The van der Waals surface area contributed by atoms with Crippen LogP contribution in [0.15, 0.2) is 24.3 Å². The maximum atomic E-state index is 12.3. The van der Waals surface area contributed by atoms with Crippen molar-refractivity contribution in [2.75, 3.05) is 5.32 Å². The second kappa shape index (κ2) is 4.80. The van der Waals surface area contributed by atoms with Gasteiger partial charge in [-0.25, -0.2) is 0 Å². The summed E-state index contributed by atoms with van der Waals surface area (Å²) in [6, 6.07) is 7.19. The smallest absolute Gasteiger partial charge is 0.227 e. The zero-order valence-corrected chi connectivity index (χ0v) is 11.2. The van der Waals surface area contributed by atoms with Gasteiger partial charge >= 0.3 is 0 Å². The van der Waals surface area contributed by atoms with Gasteiger partial charge in [0, 0.05) is 17.2 Å². The van der Waals surface area contributed by atoms with Crippen LogP contribution in [0.25, 0.3) is 0 Å². The van der Waals surface area contributed by atoms with E-state index >= 15 is 0 Å². The molecule has 3 rings (SSSR count). The second-order valence-electron chi connectivity index (χ2n) is 5.91. The van der Waals surface area contributed by atoms with Crippen molar-refractivity contribution >= 4 is 17.4 Å². The Morgan fingerprint density at radius 2 is 2.05 bits per heavy atom. The lowest BCUT2D eigenvalue weighted by Gasteiger charge is -2.20. The molecule has 0 saturated heterocycles. The fraction of sp³-hybridized carbons (Fsp3) is 0.500. The van der Waals surface area contributed by atoms with Crippen LogP contribution in [-0.2, 0) is 4.79 Å². The van der Waals surface area contributed by atoms with Gasteiger partial charge in [0.2, 0.25) is 5.91 Å². The summed E-state index contributed by atoms with van der Waals surface area (Å²) in [5, 5.41) is 2.97. The SMILES string of the molecule is CC(=O)c1cccc(NC(=O)[C@@H]2C[C@@H]3CC[C@@H]2C3)c1. The van der Waals surface area contributed by atoms with Gasteiger partial charge < -0.3 is 5.32 Å². The molecular formula is C16H19NO2. The van der Waals surface area contributed by atoms with E-state index in [2.05, 4.69) is 5.32 Å². The van der Waals surface area contributed by atoms with Gasteiger partial charge in [-0.2, -0.15) is 0 Å². The molecular weight excluding hydrogens is 238 g/mol. The van der Waals surface area contributed by atoms with Crippen molar-refractivity contribution in [2.24, 2.45) is 17.8 Å². The predicted octanol–water partition coefficient (Wildman–Crippen LogP) is 3.26. The summed E-state index contributed by atoms with van der Waals surface area (Å²) in [6.07, 6.45) is 4.78. The maximum absolute atomic E-state index is 12.3. The van der Waals surface area contributed by atoms with E-state index in [1.165, 1.54) is 26.2 Å². The monoisotopic (exact) mass is 257 g/mol. The number of hydrogen-bond donors (Lipinski definition) is 1. The van der Waals surface area contributed by atoms with Crippen molar-refractivity contribution in [3.05, 3.63) is 29.8 Å². The molecule has 0 unspecified atom stereocenters. The van der Waals surface area contributed by atoms with Crippen molar-refractivity contribution in [1.82, 2.24) is 0 Å². The van der Waals surface area contributed by atoms with E-state index < -0.39 is 0 Å². The number of hydrogen-bond acceptors (Lipinski definition) is 2. The number of amides is 1. The lowest BCUT2D eigenvalue weighted by molar-refractivity contribution is -0.121. The third-order valence-corrected chi connectivity index (χ3v) is 4.61. The number of rotatable bonds is 3. The van der Waals surface area contributed by atoms with Crippen LogP contribution in [0.5, 0.6) is 0 Å². The quantitative estimate of drug-likeness (QED) is 0.845. The second-order valence-corrected chi connectivity index (χ2v) is 5.91. The third kappa shape index (κ3) is 2.42. The summed E-state index contributed by atoms with van der Waals surface area (Å²) in [7, 11) is 0. The van der Waals surface area contributed by atoms with Gasteiger partial charge in [-0.1, -0.05) is 18.6 Å². The van der Waals surface area contributed by atoms with E-state index in [1.807, 2.05) is 12.1 Å². The average Bonchev–Trinajstić information content (AvgIpc) is 3.01. The Hall–Kier alpha value is -1.64. The number of nitrogens with one attached hydrogen (secondary N) is 1. The molecule has 2 aliphatic rings. The molecule has 2 aliphatic carbocycles. The average molecular weight is 257 g/mol. The standard InChI is InChI=1S/C16H19NO2/c1-10(18)12-3-2-4-14(9-12)17-16(19)15-8-11-5-6-13(15)7-11/h2-4,9,11,13,15H,5-8H2,1H3,(H,17,19)/t11-,13-,15-/m1/s1. The normalized spacial score (nSPS) is 28.4. The highest BCUT2D eigenvalue weighted by Crippen LogP contribution is 2.48. The first-order valence-corrected chi connectivity index (χ1v) is 7.05. The van der Waals surface area contributed by atoms with E-state index in [0.29, 0.717) is 11.5 Å². The molecule has 1 amide bonds. The molecule has 3 nitrogen and oxygen atoms in total. The van der Waals surface area contributed by atoms with Gasteiger partial charge in [0.1, 0.15) is 0 Å². The molecule has 0 aliphatic heterocycles. The van der Waals surface area contributed by atoms with Crippen LogP contribution in [0.1, 0.15) is 43.0 Å². The first-order chi connectivity index (χ1) is 9.13. The Balaban J connectivity index is 1.69. The fourth-order valence-corrected chi connectivity index (χ4v) is 3.62. The van der Waals surface area contributed by atoms with Crippen molar-refractivity contribution in [2.45, 2.75) is 32.6 Å². The Morgan fingerprint density at radius 3 is 2.68 bits per heavy atom. The molecule has 1 aromatic rings. The van der Waals surface area contributed by atoms with Crippen molar-refractivity contribution in [3.63, 3.8) is 0 Å². The Morgan fingerprint density at radius 1 is 1.21 bits per heavy atom. The zero-order chi connectivity index (χ0) is 13.4. The first-order valence-electron chi connectivity index (χ1n) is 7.05. The number of carbonyl (C=O) groups is 2. The lowest BCUT2D eigenvalue weighted by atomic mass is 9.88. The van der Waals surface area contributed by atoms with Crippen LogP contribution < -0.4 is 5.32 Å². The fourth-order valence-electron chi connectivity index (χ4n) is 3.62. The van der Waals surface area contributed by atoms with Crippen molar-refractivity contribution in [3.8, 4) is 0 Å². The number of fused-ring (bicyclic) bond motifs is 2. The number of benzene rings is 1. The Kier molecular flexibility index (Phi) is 3.13. The van der Waals surface area contributed by atoms with Gasteiger partial charge in [-0.05, 0) is 50.2 Å². The van der Waals surface area contributed by atoms with Gasteiger partial charge in [0.05, 0.1) is 0 Å². The topological polar surface area (TPSA) is 46.2 Å². The molecule has 100 valence electrons. The minimum Gasteiger partial charge on any atom is -0.326 e. The molecule has 2 saturated carbocycles. The van der Waals surface area contributed by atoms with E-state index in [-0.39, 0.29) is 17.6 Å². The van der Waals surface area contributed by atoms with E-state index in [9.17, 15) is 9.59 Å². The van der Waals surface area contributed by atoms with Crippen LogP contribution in [-0.4, -0.2) is 11.7 Å². The van der Waals surface area contributed by atoms with E-state index in [0.717, 1.165) is 18.0 Å². The van der Waals surface area contributed by atoms with Gasteiger partial charge in [-0.15, -0.1) is 0 Å². The van der Waals surface area contributed by atoms with Crippen molar-refractivity contribution in [1.29, 1.82) is 0 Å². The van der Waals surface area contributed by atoms with E-state index in [4.69, 9.17) is 0 Å². The van der Waals surface area contributed by atoms with Crippen molar-refractivity contribution < 1.29 is 9.59 Å². The summed E-state index contributed by atoms with van der Waals surface area (Å²) < 4.78 is 0. The molecule has 2 bridgehead atoms. The molecule has 19 heavy (non-hydrogen) atoms. The van der Waals surface area contributed by atoms with Crippen LogP contribution in [0.4, 0.5) is 5.69 Å². The van der Waals surface area contributed by atoms with Crippen LogP contribution in [0.3, 0.4) is 0 Å². The number of carbonyl (C=O) groups excluding carboxylic acids is 2. The van der Waals surface area contributed by atoms with Crippen LogP contribution in [0, 0.1) is 17.8 Å². The highest BCUT2D eigenvalue weighted by atomic mass is 16.2. The Bertz CT molecular complexity index is 523. The number of ketones is 1. The number of Topliss-reactive ketones (excluding diaryl/α,β-unsaturated/α-hetero) is 1. The molecule has 3 atom stereocenters. The molecule has 1 aromatic carbocycles. The zero-order valence-electron chi connectivity index (χ0n) is 11.2. The summed E-state index contributed by atoms with van der Waals surface area (Å²) in [5.41, 5.74) is 1.38. The largest absolute Gasteiger partial charge is 0.326 e. The first kappa shape index (κ1) is 12.4. The molecule has 0 aromatic heterocycles. The predicted molar refractivity (Wildman–Crippen MR) is 74.0 cm³/mol.